The van der Waals surface area contributed by atoms with Crippen LogP contribution in [0.2, 0.25) is 0 Å². The van der Waals surface area contributed by atoms with Crippen LogP contribution < -0.4 is 15.4 Å². The van der Waals surface area contributed by atoms with Crippen molar-refractivity contribution in [1.82, 2.24) is 5.32 Å². The van der Waals surface area contributed by atoms with Gasteiger partial charge in [-0.25, -0.2) is 0 Å². The fourth-order valence-electron chi connectivity index (χ4n) is 6.59. The first-order valence-electron chi connectivity index (χ1n) is 10.9. The van der Waals surface area contributed by atoms with Crippen molar-refractivity contribution in [3.05, 3.63) is 24.3 Å². The molecule has 27 heavy (non-hydrogen) atoms. The van der Waals surface area contributed by atoms with Gasteiger partial charge in [0.15, 0.2) is 5.11 Å². The molecule has 4 aliphatic rings. The molecule has 0 heterocycles. The van der Waals surface area contributed by atoms with Crippen LogP contribution in [0.15, 0.2) is 24.3 Å². The predicted octanol–water partition coefficient (Wildman–Crippen LogP) is 5.76. The molecule has 0 aromatic heterocycles. The topological polar surface area (TPSA) is 33.3 Å². The van der Waals surface area contributed by atoms with Crippen molar-refractivity contribution < 1.29 is 4.74 Å². The molecule has 3 nitrogen and oxygen atoms in total. The average molecular weight is 387 g/mol. The standard InChI is InChI=1S/C23H34N2OS/c1-3-7-21(23-13-16-10-17(14-23)12-18(11-16)15-23)25-22(27)24-19-8-5-6-9-20(19)26-4-2/h5-6,8-9,16-18,21H,3-4,7,10-15H2,1-2H3,(H2,24,25,27). The highest BCUT2D eigenvalue weighted by molar-refractivity contribution is 7.80. The molecule has 4 aliphatic carbocycles. The van der Waals surface area contributed by atoms with E-state index in [9.17, 15) is 0 Å². The lowest BCUT2D eigenvalue weighted by atomic mass is 9.47. The fraction of sp³-hybridized carbons (Fsp3) is 0.696. The summed E-state index contributed by atoms with van der Waals surface area (Å²) in [6.07, 6.45) is 11.1. The maximum Gasteiger partial charge on any atom is 0.171 e. The van der Waals surface area contributed by atoms with Gasteiger partial charge in [0.2, 0.25) is 0 Å². The van der Waals surface area contributed by atoms with Gasteiger partial charge in [-0.2, -0.15) is 0 Å². The Morgan fingerprint density at radius 3 is 2.33 bits per heavy atom. The molecule has 1 atom stereocenters. The molecule has 5 rings (SSSR count). The van der Waals surface area contributed by atoms with Crippen molar-refractivity contribution in [3.8, 4) is 5.75 Å². The van der Waals surface area contributed by atoms with E-state index in [0.717, 1.165) is 34.3 Å². The second kappa shape index (κ2) is 7.98. The number of hydrogen-bond acceptors (Lipinski definition) is 2. The van der Waals surface area contributed by atoms with Gasteiger partial charge >= 0.3 is 0 Å². The highest BCUT2D eigenvalue weighted by Crippen LogP contribution is 2.61. The third kappa shape index (κ3) is 3.96. The summed E-state index contributed by atoms with van der Waals surface area (Å²) < 4.78 is 5.74. The Balaban J connectivity index is 1.47. The zero-order valence-corrected chi connectivity index (χ0v) is 17.6. The normalized spacial score (nSPS) is 32.1. The Hall–Kier alpha value is -1.29. The Kier molecular flexibility index (Phi) is 5.63. The van der Waals surface area contributed by atoms with Crippen LogP contribution in [0.25, 0.3) is 0 Å². The lowest BCUT2D eigenvalue weighted by Crippen LogP contribution is -2.57. The summed E-state index contributed by atoms with van der Waals surface area (Å²) in [5.41, 5.74) is 1.42. The molecule has 148 valence electrons. The second-order valence-electron chi connectivity index (χ2n) is 9.15. The molecule has 1 aromatic rings. The molecule has 4 saturated carbocycles. The largest absolute Gasteiger partial charge is 0.492 e. The van der Waals surface area contributed by atoms with Crippen molar-refractivity contribution in [2.24, 2.45) is 23.2 Å². The van der Waals surface area contributed by atoms with Gasteiger partial charge in [-0.15, -0.1) is 0 Å². The zero-order chi connectivity index (χ0) is 18.9. The molecule has 0 radical (unpaired) electrons. The van der Waals surface area contributed by atoms with E-state index in [-0.39, 0.29) is 0 Å². The molecular formula is C23H34N2OS. The van der Waals surface area contributed by atoms with Gasteiger partial charge in [-0.05, 0) is 99.4 Å². The Morgan fingerprint density at radius 2 is 1.74 bits per heavy atom. The van der Waals surface area contributed by atoms with E-state index < -0.39 is 0 Å². The molecule has 1 unspecified atom stereocenters. The first kappa shape index (κ1) is 19.0. The predicted molar refractivity (Wildman–Crippen MR) is 116 cm³/mol. The van der Waals surface area contributed by atoms with E-state index in [2.05, 4.69) is 17.6 Å². The van der Waals surface area contributed by atoms with Crippen molar-refractivity contribution in [1.29, 1.82) is 0 Å². The van der Waals surface area contributed by atoms with Gasteiger partial charge in [-0.3, -0.25) is 0 Å². The third-order valence-corrected chi connectivity index (χ3v) is 7.36. The van der Waals surface area contributed by atoms with Gasteiger partial charge in [0.25, 0.3) is 0 Å². The monoisotopic (exact) mass is 386 g/mol. The second-order valence-corrected chi connectivity index (χ2v) is 9.56. The molecule has 4 bridgehead atoms. The van der Waals surface area contributed by atoms with Crippen LogP contribution in [0.5, 0.6) is 5.75 Å². The van der Waals surface area contributed by atoms with Crippen LogP contribution in [-0.2, 0) is 0 Å². The number of thiocarbonyl (C=S) groups is 1. The van der Waals surface area contributed by atoms with E-state index in [1.54, 1.807) is 0 Å². The molecule has 0 amide bonds. The quantitative estimate of drug-likeness (QED) is 0.584. The van der Waals surface area contributed by atoms with Crippen LogP contribution in [0.3, 0.4) is 0 Å². The van der Waals surface area contributed by atoms with E-state index >= 15 is 0 Å². The summed E-state index contributed by atoms with van der Waals surface area (Å²) in [7, 11) is 0. The number of benzene rings is 1. The molecule has 0 saturated heterocycles. The minimum atomic E-state index is 0.468. The highest BCUT2D eigenvalue weighted by atomic mass is 32.1. The average Bonchev–Trinajstić information content (AvgIpc) is 2.62. The molecule has 0 spiro atoms. The molecule has 0 aliphatic heterocycles. The van der Waals surface area contributed by atoms with Crippen LogP contribution in [-0.4, -0.2) is 17.8 Å². The molecule has 4 heteroatoms. The summed E-state index contributed by atoms with van der Waals surface area (Å²) in [6, 6.07) is 8.56. The lowest BCUT2D eigenvalue weighted by Gasteiger charge is -2.59. The van der Waals surface area contributed by atoms with Gasteiger partial charge in [0, 0.05) is 6.04 Å². The minimum Gasteiger partial charge on any atom is -0.492 e. The molecule has 4 fully saturated rings. The maximum absolute atomic E-state index is 5.75. The van der Waals surface area contributed by atoms with E-state index in [4.69, 9.17) is 17.0 Å². The van der Waals surface area contributed by atoms with E-state index in [1.165, 1.54) is 51.4 Å². The summed E-state index contributed by atoms with van der Waals surface area (Å²) >= 11 is 5.75. The lowest BCUT2D eigenvalue weighted by molar-refractivity contribution is -0.0718. The van der Waals surface area contributed by atoms with Crippen LogP contribution in [0.1, 0.15) is 65.2 Å². The zero-order valence-electron chi connectivity index (χ0n) is 16.8. The van der Waals surface area contributed by atoms with E-state index in [0.29, 0.717) is 18.1 Å². The number of anilines is 1. The van der Waals surface area contributed by atoms with Crippen molar-refractivity contribution in [2.45, 2.75) is 71.3 Å². The van der Waals surface area contributed by atoms with Crippen molar-refractivity contribution >= 4 is 23.0 Å². The number of rotatable bonds is 7. The Labute approximate surface area is 169 Å². The number of nitrogens with one attached hydrogen (secondary N) is 2. The summed E-state index contributed by atoms with van der Waals surface area (Å²) in [4.78, 5) is 0. The van der Waals surface area contributed by atoms with Gasteiger partial charge in [-0.1, -0.05) is 25.5 Å². The minimum absolute atomic E-state index is 0.468. The molecular weight excluding hydrogens is 352 g/mol. The Morgan fingerprint density at radius 1 is 1.11 bits per heavy atom. The van der Waals surface area contributed by atoms with Crippen molar-refractivity contribution in [3.63, 3.8) is 0 Å². The van der Waals surface area contributed by atoms with E-state index in [1.807, 2.05) is 31.2 Å². The van der Waals surface area contributed by atoms with Gasteiger partial charge < -0.3 is 15.4 Å². The summed E-state index contributed by atoms with van der Waals surface area (Å²) in [5.74, 6) is 3.78. The first-order valence-corrected chi connectivity index (χ1v) is 11.3. The Bertz CT molecular complexity index is 639. The number of para-hydroxylation sites is 2. The van der Waals surface area contributed by atoms with Gasteiger partial charge in [0.1, 0.15) is 5.75 Å². The van der Waals surface area contributed by atoms with Crippen LogP contribution >= 0.6 is 12.2 Å². The summed E-state index contributed by atoms with van der Waals surface area (Å²) in [6.45, 7) is 4.97. The first-order chi connectivity index (χ1) is 13.1. The molecule has 1 aromatic carbocycles. The van der Waals surface area contributed by atoms with Crippen molar-refractivity contribution in [2.75, 3.05) is 11.9 Å². The van der Waals surface area contributed by atoms with Crippen LogP contribution in [0.4, 0.5) is 5.69 Å². The smallest absolute Gasteiger partial charge is 0.171 e. The highest BCUT2D eigenvalue weighted by Gasteiger charge is 2.54. The fourth-order valence-corrected chi connectivity index (χ4v) is 6.84. The van der Waals surface area contributed by atoms with Crippen LogP contribution in [0, 0.1) is 23.2 Å². The molecule has 2 N–H and O–H groups in total. The number of ether oxygens (including phenoxy) is 1. The third-order valence-electron chi connectivity index (χ3n) is 7.14. The maximum atomic E-state index is 5.75. The SMILES string of the molecule is CCCC(NC(=S)Nc1ccccc1OCC)C12CC3CC(CC(C3)C1)C2. The number of hydrogen-bond donors (Lipinski definition) is 2. The van der Waals surface area contributed by atoms with Gasteiger partial charge in [0.05, 0.1) is 12.3 Å². The summed E-state index contributed by atoms with van der Waals surface area (Å²) in [5, 5.41) is 7.92.